The number of hydrogen-bond acceptors (Lipinski definition) is 2. The maximum atomic E-state index is 12.6. The Kier molecular flexibility index (Phi) is 4.44. The third kappa shape index (κ3) is 2.51. The van der Waals surface area contributed by atoms with Crippen LogP contribution in [0.15, 0.2) is 11.6 Å². The summed E-state index contributed by atoms with van der Waals surface area (Å²) in [6.45, 7) is 2.20. The van der Waals surface area contributed by atoms with Crippen molar-refractivity contribution in [1.82, 2.24) is 0 Å². The van der Waals surface area contributed by atoms with Crippen LogP contribution in [0, 0.1) is 39.9 Å². The van der Waals surface area contributed by atoms with Gasteiger partial charge >= 0.3 is 0 Å². The van der Waals surface area contributed by atoms with E-state index in [9.17, 15) is 9.59 Å². The number of alkyl halides is 1. The molecule has 134 valence electrons. The number of allylic oxidation sites excluding steroid dienone is 1. The minimum atomic E-state index is -0.126. The first-order valence-corrected chi connectivity index (χ1v) is 10.7. The summed E-state index contributed by atoms with van der Waals surface area (Å²) in [6, 6.07) is 0. The normalized spacial score (nSPS) is 45.6. The second-order valence-corrected chi connectivity index (χ2v) is 9.96. The van der Waals surface area contributed by atoms with Gasteiger partial charge in [0.15, 0.2) is 5.78 Å². The summed E-state index contributed by atoms with van der Waals surface area (Å²) in [5.74, 6) is 5.38. The Morgan fingerprint density at radius 3 is 2.80 bits per heavy atom. The van der Waals surface area contributed by atoms with Crippen LogP contribution in [0.2, 0.25) is 0 Å². The van der Waals surface area contributed by atoms with Crippen molar-refractivity contribution in [2.75, 3.05) is 0 Å². The van der Waals surface area contributed by atoms with E-state index in [1.165, 1.54) is 5.57 Å². The Labute approximate surface area is 163 Å². The molecule has 0 radical (unpaired) electrons. The third-order valence-electron chi connectivity index (χ3n) is 7.85. The van der Waals surface area contributed by atoms with E-state index in [0.29, 0.717) is 30.0 Å². The van der Waals surface area contributed by atoms with Gasteiger partial charge in [0.2, 0.25) is 0 Å². The van der Waals surface area contributed by atoms with Crippen molar-refractivity contribution < 1.29 is 9.59 Å². The van der Waals surface area contributed by atoms with Gasteiger partial charge in [-0.1, -0.05) is 28.8 Å². The standard InChI is InChI=1S/C21H24BrClO2/c1-20-8-6-16-14(15(20)3-4-19(20)25)12-18(22)17-11-13(24)5-9-21(16,17)7-2-10-23/h11,14-16,18H,3-9,12H2,1H3/t14-,15-,16-,18+,20-,21+/m0/s1. The summed E-state index contributed by atoms with van der Waals surface area (Å²) >= 11 is 9.61. The van der Waals surface area contributed by atoms with E-state index in [1.807, 2.05) is 6.08 Å². The number of ketones is 2. The zero-order valence-corrected chi connectivity index (χ0v) is 17.0. The van der Waals surface area contributed by atoms with Crippen molar-refractivity contribution in [3.63, 3.8) is 0 Å². The molecule has 4 aliphatic carbocycles. The van der Waals surface area contributed by atoms with Gasteiger partial charge in [-0.05, 0) is 73.1 Å². The quantitative estimate of drug-likeness (QED) is 0.438. The van der Waals surface area contributed by atoms with Crippen molar-refractivity contribution >= 4 is 39.1 Å². The molecule has 3 fully saturated rings. The summed E-state index contributed by atoms with van der Waals surface area (Å²) in [7, 11) is 0. The first-order valence-electron chi connectivity index (χ1n) is 9.43. The van der Waals surface area contributed by atoms with Gasteiger partial charge in [0, 0.05) is 40.3 Å². The van der Waals surface area contributed by atoms with Gasteiger partial charge in [-0.25, -0.2) is 0 Å². The van der Waals surface area contributed by atoms with Crippen molar-refractivity contribution in [1.29, 1.82) is 0 Å². The zero-order chi connectivity index (χ0) is 17.8. The molecule has 3 saturated carbocycles. The van der Waals surface area contributed by atoms with Gasteiger partial charge in [-0.3, -0.25) is 9.59 Å². The number of fused-ring (bicyclic) bond motifs is 5. The topological polar surface area (TPSA) is 34.1 Å². The van der Waals surface area contributed by atoms with Crippen molar-refractivity contribution in [2.24, 2.45) is 28.6 Å². The van der Waals surface area contributed by atoms with Crippen LogP contribution in [-0.2, 0) is 9.59 Å². The van der Waals surface area contributed by atoms with Crippen LogP contribution in [0.4, 0.5) is 0 Å². The highest BCUT2D eigenvalue weighted by Crippen LogP contribution is 2.66. The van der Waals surface area contributed by atoms with Crippen LogP contribution in [0.3, 0.4) is 0 Å². The average molecular weight is 424 g/mol. The molecule has 0 bridgehead atoms. The van der Waals surface area contributed by atoms with Crippen molar-refractivity contribution in [3.8, 4) is 11.3 Å². The highest BCUT2D eigenvalue weighted by molar-refractivity contribution is 9.09. The summed E-state index contributed by atoms with van der Waals surface area (Å²) in [6.07, 6.45) is 8.98. The summed E-state index contributed by atoms with van der Waals surface area (Å²) in [5, 5.41) is 2.57. The predicted octanol–water partition coefficient (Wildman–Crippen LogP) is 5.03. The van der Waals surface area contributed by atoms with Crippen LogP contribution < -0.4 is 0 Å². The number of halogens is 2. The van der Waals surface area contributed by atoms with Crippen molar-refractivity contribution in [3.05, 3.63) is 11.6 Å². The average Bonchev–Trinajstić information content (AvgIpc) is 2.90. The smallest absolute Gasteiger partial charge is 0.155 e. The van der Waals surface area contributed by atoms with Crippen LogP contribution in [0.25, 0.3) is 0 Å². The molecule has 0 aromatic carbocycles. The molecule has 0 heterocycles. The highest BCUT2D eigenvalue weighted by atomic mass is 79.9. The molecule has 0 unspecified atom stereocenters. The Morgan fingerprint density at radius 2 is 2.04 bits per heavy atom. The van der Waals surface area contributed by atoms with Crippen molar-refractivity contribution in [2.45, 2.75) is 63.1 Å². The first-order chi connectivity index (χ1) is 11.9. The Balaban J connectivity index is 1.78. The molecule has 4 heteroatoms. The number of carbonyl (C=O) groups is 2. The Morgan fingerprint density at radius 1 is 1.24 bits per heavy atom. The van der Waals surface area contributed by atoms with Gasteiger partial charge < -0.3 is 0 Å². The minimum Gasteiger partial charge on any atom is -0.299 e. The lowest BCUT2D eigenvalue weighted by molar-refractivity contribution is -0.132. The van der Waals surface area contributed by atoms with Crippen LogP contribution in [-0.4, -0.2) is 16.4 Å². The predicted molar refractivity (Wildman–Crippen MR) is 102 cm³/mol. The molecule has 0 amide bonds. The molecule has 0 aliphatic heterocycles. The van der Waals surface area contributed by atoms with Crippen LogP contribution >= 0.6 is 27.5 Å². The molecular formula is C21H24BrClO2. The lowest BCUT2D eigenvalue weighted by Crippen LogP contribution is -2.54. The molecule has 25 heavy (non-hydrogen) atoms. The number of hydrogen-bond donors (Lipinski definition) is 0. The van der Waals surface area contributed by atoms with E-state index >= 15 is 0 Å². The number of carbonyl (C=O) groups excluding carboxylic acids is 2. The summed E-state index contributed by atoms with van der Waals surface area (Å²) < 4.78 is 0. The molecule has 2 nitrogen and oxygen atoms in total. The van der Waals surface area contributed by atoms with Gasteiger partial charge in [-0.15, -0.1) is 0 Å². The SMILES string of the molecule is C[C@]12CC[C@H]3[C@@H](C[C@@H](Br)C4=CC(=O)CC[C@@]43CC#CCl)[C@@H]1CCC2=O. The Bertz CT molecular complexity index is 717. The van der Waals surface area contributed by atoms with Gasteiger partial charge in [0.1, 0.15) is 5.78 Å². The van der Waals surface area contributed by atoms with E-state index in [4.69, 9.17) is 11.6 Å². The van der Waals surface area contributed by atoms with E-state index < -0.39 is 0 Å². The van der Waals surface area contributed by atoms with Gasteiger partial charge in [0.25, 0.3) is 0 Å². The molecule has 4 rings (SSSR count). The van der Waals surface area contributed by atoms with E-state index in [1.54, 1.807) is 0 Å². The third-order valence-corrected chi connectivity index (χ3v) is 8.85. The molecule has 6 atom stereocenters. The van der Waals surface area contributed by atoms with Gasteiger partial charge in [-0.2, -0.15) is 0 Å². The molecule has 0 aromatic rings. The monoisotopic (exact) mass is 422 g/mol. The highest BCUT2D eigenvalue weighted by Gasteiger charge is 2.61. The first kappa shape index (κ1) is 17.8. The fourth-order valence-electron chi connectivity index (χ4n) is 6.63. The largest absolute Gasteiger partial charge is 0.299 e. The van der Waals surface area contributed by atoms with E-state index in [0.717, 1.165) is 44.9 Å². The van der Waals surface area contributed by atoms with Gasteiger partial charge in [0.05, 0.1) is 0 Å². The lowest BCUT2D eigenvalue weighted by atomic mass is 9.46. The molecule has 0 spiro atoms. The minimum absolute atomic E-state index is 0.0418. The maximum absolute atomic E-state index is 12.6. The molecule has 0 saturated heterocycles. The number of rotatable bonds is 1. The second kappa shape index (κ2) is 6.24. The molecule has 0 aromatic heterocycles. The molecule has 4 aliphatic rings. The number of Topliss-reactive ketones (excluding diaryl/α,β-unsaturated/α-hetero) is 1. The fraction of sp³-hybridized carbons (Fsp3) is 0.714. The van der Waals surface area contributed by atoms with Crippen LogP contribution in [0.1, 0.15) is 58.3 Å². The van der Waals surface area contributed by atoms with Crippen LogP contribution in [0.5, 0.6) is 0 Å². The van der Waals surface area contributed by atoms with E-state index in [2.05, 4.69) is 34.2 Å². The van der Waals surface area contributed by atoms with E-state index in [-0.39, 0.29) is 21.4 Å². The second-order valence-electron chi connectivity index (χ2n) is 8.67. The Hall–Kier alpha value is -0.590. The molecule has 0 N–H and O–H groups in total. The summed E-state index contributed by atoms with van der Waals surface area (Å²) in [5.41, 5.74) is 1.08. The lowest BCUT2D eigenvalue weighted by Gasteiger charge is -2.58. The maximum Gasteiger partial charge on any atom is 0.155 e. The summed E-state index contributed by atoms with van der Waals surface area (Å²) in [4.78, 5) is 24.9. The molecular weight excluding hydrogens is 400 g/mol. The zero-order valence-electron chi connectivity index (χ0n) is 14.6. The fourth-order valence-corrected chi connectivity index (χ4v) is 7.72.